The van der Waals surface area contributed by atoms with E-state index in [-0.39, 0.29) is 5.82 Å². The Labute approximate surface area is 102 Å². The van der Waals surface area contributed by atoms with Crippen LogP contribution in [0.4, 0.5) is 4.39 Å². The van der Waals surface area contributed by atoms with Crippen LogP contribution in [-0.4, -0.2) is 10.7 Å². The van der Waals surface area contributed by atoms with E-state index in [1.165, 1.54) is 17.7 Å². The van der Waals surface area contributed by atoms with Crippen LogP contribution in [0.1, 0.15) is 44.6 Å². The molecule has 0 aromatic heterocycles. The van der Waals surface area contributed by atoms with E-state index in [2.05, 4.69) is 6.08 Å². The van der Waals surface area contributed by atoms with E-state index in [1.54, 1.807) is 12.1 Å². The number of rotatable bonds is 1. The monoisotopic (exact) mass is 234 g/mol. The van der Waals surface area contributed by atoms with Crippen molar-refractivity contribution in [3.8, 4) is 0 Å². The topological polar surface area (TPSA) is 20.2 Å². The standard InChI is InChI=1S/C15H19FO/c1-15(17)9-2-3-12(8-10-15)11-13-4-6-14(16)7-5-13/h4-7,11,17H,2-3,8-10H2,1H3/b12-11-. The third-order valence-corrected chi connectivity index (χ3v) is 3.44. The summed E-state index contributed by atoms with van der Waals surface area (Å²) in [5.74, 6) is -0.198. The van der Waals surface area contributed by atoms with E-state index in [1.807, 2.05) is 6.92 Å². The molecule has 0 radical (unpaired) electrons. The van der Waals surface area contributed by atoms with Gasteiger partial charge in [0.15, 0.2) is 0 Å². The second-order valence-electron chi connectivity index (χ2n) is 5.20. The summed E-state index contributed by atoms with van der Waals surface area (Å²) in [5, 5.41) is 10.00. The lowest BCUT2D eigenvalue weighted by atomic mass is 9.97. The molecule has 0 aliphatic heterocycles. The number of hydrogen-bond acceptors (Lipinski definition) is 1. The molecular weight excluding hydrogens is 215 g/mol. The predicted octanol–water partition coefficient (Wildman–Crippen LogP) is 3.92. The maximum Gasteiger partial charge on any atom is 0.123 e. The zero-order chi connectivity index (χ0) is 12.3. The lowest BCUT2D eigenvalue weighted by Gasteiger charge is -2.19. The van der Waals surface area contributed by atoms with Crippen LogP contribution in [0.5, 0.6) is 0 Å². The Bertz CT molecular complexity index is 403. The molecule has 1 aliphatic carbocycles. The molecule has 0 amide bonds. The first-order valence-corrected chi connectivity index (χ1v) is 6.23. The van der Waals surface area contributed by atoms with E-state index in [4.69, 9.17) is 0 Å². The van der Waals surface area contributed by atoms with E-state index < -0.39 is 5.60 Å². The van der Waals surface area contributed by atoms with E-state index in [0.717, 1.165) is 37.7 Å². The van der Waals surface area contributed by atoms with Gasteiger partial charge in [-0.3, -0.25) is 0 Å². The molecule has 2 heteroatoms. The van der Waals surface area contributed by atoms with Crippen molar-refractivity contribution in [2.45, 2.75) is 44.6 Å². The highest BCUT2D eigenvalue weighted by Crippen LogP contribution is 2.30. The molecule has 2 rings (SSSR count). The first kappa shape index (κ1) is 12.3. The van der Waals surface area contributed by atoms with Crippen molar-refractivity contribution in [2.75, 3.05) is 0 Å². The van der Waals surface area contributed by atoms with E-state index in [0.29, 0.717) is 0 Å². The van der Waals surface area contributed by atoms with Crippen molar-refractivity contribution >= 4 is 6.08 Å². The molecule has 92 valence electrons. The quantitative estimate of drug-likeness (QED) is 0.730. The van der Waals surface area contributed by atoms with Gasteiger partial charge in [-0.25, -0.2) is 4.39 Å². The van der Waals surface area contributed by atoms with E-state index >= 15 is 0 Å². The van der Waals surface area contributed by atoms with Crippen LogP contribution in [0.15, 0.2) is 29.8 Å². The molecule has 0 bridgehead atoms. The van der Waals surface area contributed by atoms with Crippen LogP contribution in [0.2, 0.25) is 0 Å². The fraction of sp³-hybridized carbons (Fsp3) is 0.467. The van der Waals surface area contributed by atoms with Crippen molar-refractivity contribution in [1.29, 1.82) is 0 Å². The number of hydrogen-bond donors (Lipinski definition) is 1. The van der Waals surface area contributed by atoms with Gasteiger partial charge < -0.3 is 5.11 Å². The largest absolute Gasteiger partial charge is 0.390 e. The molecule has 1 saturated carbocycles. The Balaban J connectivity index is 2.09. The summed E-state index contributed by atoms with van der Waals surface area (Å²) in [7, 11) is 0. The maximum absolute atomic E-state index is 12.8. The number of halogens is 1. The van der Waals surface area contributed by atoms with Gasteiger partial charge in [-0.2, -0.15) is 0 Å². The molecule has 1 atom stereocenters. The minimum absolute atomic E-state index is 0.198. The van der Waals surface area contributed by atoms with Gasteiger partial charge in [0.1, 0.15) is 5.82 Å². The molecule has 1 nitrogen and oxygen atoms in total. The summed E-state index contributed by atoms with van der Waals surface area (Å²) in [6.45, 7) is 1.91. The van der Waals surface area contributed by atoms with Gasteiger partial charge in [0, 0.05) is 0 Å². The summed E-state index contributed by atoms with van der Waals surface area (Å²) in [6.07, 6.45) is 6.81. The highest BCUT2D eigenvalue weighted by molar-refractivity contribution is 5.52. The molecule has 0 saturated heterocycles. The Hall–Kier alpha value is -1.15. The molecule has 1 N–H and O–H groups in total. The van der Waals surface area contributed by atoms with Gasteiger partial charge in [0.2, 0.25) is 0 Å². The van der Waals surface area contributed by atoms with Crippen LogP contribution < -0.4 is 0 Å². The molecule has 1 fully saturated rings. The number of aliphatic hydroxyl groups is 1. The third kappa shape index (κ3) is 3.67. The van der Waals surface area contributed by atoms with Crippen LogP contribution in [0, 0.1) is 5.82 Å². The Morgan fingerprint density at radius 3 is 2.59 bits per heavy atom. The first-order valence-electron chi connectivity index (χ1n) is 6.23. The number of allylic oxidation sites excluding steroid dienone is 1. The summed E-state index contributed by atoms with van der Waals surface area (Å²) in [5.41, 5.74) is 1.88. The van der Waals surface area contributed by atoms with Gasteiger partial charge in [0.05, 0.1) is 5.60 Å². The van der Waals surface area contributed by atoms with Gasteiger partial charge in [-0.1, -0.05) is 23.8 Å². The minimum Gasteiger partial charge on any atom is -0.390 e. The van der Waals surface area contributed by atoms with Gasteiger partial charge in [-0.15, -0.1) is 0 Å². The smallest absolute Gasteiger partial charge is 0.123 e. The molecule has 1 unspecified atom stereocenters. The van der Waals surface area contributed by atoms with Crippen LogP contribution in [0.25, 0.3) is 6.08 Å². The van der Waals surface area contributed by atoms with Crippen molar-refractivity contribution in [3.05, 3.63) is 41.2 Å². The Morgan fingerprint density at radius 1 is 1.18 bits per heavy atom. The number of benzene rings is 1. The van der Waals surface area contributed by atoms with Crippen molar-refractivity contribution in [1.82, 2.24) is 0 Å². The summed E-state index contributed by atoms with van der Waals surface area (Å²) < 4.78 is 12.8. The zero-order valence-electron chi connectivity index (χ0n) is 10.2. The van der Waals surface area contributed by atoms with Gasteiger partial charge in [0.25, 0.3) is 0 Å². The van der Waals surface area contributed by atoms with Crippen molar-refractivity contribution in [2.24, 2.45) is 0 Å². The molecule has 0 spiro atoms. The third-order valence-electron chi connectivity index (χ3n) is 3.44. The second kappa shape index (κ2) is 5.01. The van der Waals surface area contributed by atoms with Gasteiger partial charge in [-0.05, 0) is 56.7 Å². The molecule has 1 aliphatic rings. The molecule has 1 aromatic carbocycles. The van der Waals surface area contributed by atoms with Crippen LogP contribution in [-0.2, 0) is 0 Å². The Kier molecular flexibility index (Phi) is 3.63. The van der Waals surface area contributed by atoms with Crippen LogP contribution >= 0.6 is 0 Å². The average molecular weight is 234 g/mol. The highest BCUT2D eigenvalue weighted by Gasteiger charge is 2.23. The molecule has 1 aromatic rings. The minimum atomic E-state index is -0.515. The summed E-state index contributed by atoms with van der Waals surface area (Å²) in [6, 6.07) is 6.56. The predicted molar refractivity (Wildman–Crippen MR) is 68.1 cm³/mol. The zero-order valence-corrected chi connectivity index (χ0v) is 10.2. The van der Waals surface area contributed by atoms with Gasteiger partial charge >= 0.3 is 0 Å². The Morgan fingerprint density at radius 2 is 1.88 bits per heavy atom. The maximum atomic E-state index is 12.8. The second-order valence-corrected chi connectivity index (χ2v) is 5.20. The fourth-order valence-electron chi connectivity index (χ4n) is 2.32. The summed E-state index contributed by atoms with van der Waals surface area (Å²) >= 11 is 0. The van der Waals surface area contributed by atoms with E-state index in [9.17, 15) is 9.50 Å². The lowest BCUT2D eigenvalue weighted by Crippen LogP contribution is -2.21. The lowest BCUT2D eigenvalue weighted by molar-refractivity contribution is 0.0451. The highest BCUT2D eigenvalue weighted by atomic mass is 19.1. The SMILES string of the molecule is CC1(O)CCC/C(=C/c2ccc(F)cc2)CC1. The van der Waals surface area contributed by atoms with Crippen molar-refractivity contribution in [3.63, 3.8) is 0 Å². The van der Waals surface area contributed by atoms with Crippen molar-refractivity contribution < 1.29 is 9.50 Å². The molecule has 17 heavy (non-hydrogen) atoms. The molecular formula is C15H19FO. The molecule has 0 heterocycles. The summed E-state index contributed by atoms with van der Waals surface area (Å²) in [4.78, 5) is 0. The fourth-order valence-corrected chi connectivity index (χ4v) is 2.32. The van der Waals surface area contributed by atoms with Crippen LogP contribution in [0.3, 0.4) is 0 Å². The first-order chi connectivity index (χ1) is 8.05. The normalized spacial score (nSPS) is 28.1. The average Bonchev–Trinajstić information content (AvgIpc) is 2.44.